The van der Waals surface area contributed by atoms with E-state index < -0.39 is 0 Å². The van der Waals surface area contributed by atoms with Crippen LogP contribution in [0.2, 0.25) is 0 Å². The van der Waals surface area contributed by atoms with Gasteiger partial charge in [0.15, 0.2) is 0 Å². The Labute approximate surface area is 82.2 Å². The zero-order chi connectivity index (χ0) is 9.84. The molecule has 0 aliphatic carbocycles. The molecule has 1 heterocycles. The summed E-state index contributed by atoms with van der Waals surface area (Å²) in [7, 11) is 0. The lowest BCUT2D eigenvalue weighted by molar-refractivity contribution is -0.121. The standard InChI is InChI=1S/C9H12N2OS/c1-3-6-4-8(12)11-9(13-2)7(6)5-10/h6H,3-4H2,1-2H3,(H,11,12). The van der Waals surface area contributed by atoms with E-state index in [0.717, 1.165) is 17.0 Å². The second kappa shape index (κ2) is 4.33. The average Bonchev–Trinajstić information content (AvgIpc) is 2.16. The van der Waals surface area contributed by atoms with Crippen molar-refractivity contribution in [3.8, 4) is 6.07 Å². The van der Waals surface area contributed by atoms with Crippen LogP contribution in [0.5, 0.6) is 0 Å². The van der Waals surface area contributed by atoms with E-state index in [2.05, 4.69) is 11.4 Å². The number of allylic oxidation sites excluding steroid dienone is 1. The molecule has 0 aromatic heterocycles. The van der Waals surface area contributed by atoms with Crippen LogP contribution in [0.15, 0.2) is 10.6 Å². The van der Waals surface area contributed by atoms with Crippen molar-refractivity contribution in [3.05, 3.63) is 10.6 Å². The minimum Gasteiger partial charge on any atom is -0.320 e. The Kier molecular flexibility index (Phi) is 3.38. The third-order valence-electron chi connectivity index (χ3n) is 2.15. The predicted octanol–water partition coefficient (Wildman–Crippen LogP) is 1.63. The molecule has 1 rings (SSSR count). The summed E-state index contributed by atoms with van der Waals surface area (Å²) in [4.78, 5) is 11.2. The Morgan fingerprint density at radius 3 is 2.92 bits per heavy atom. The van der Waals surface area contributed by atoms with Crippen LogP contribution >= 0.6 is 11.8 Å². The number of nitriles is 1. The fraction of sp³-hybridized carbons (Fsp3) is 0.556. The minimum atomic E-state index is 0.0233. The van der Waals surface area contributed by atoms with Gasteiger partial charge in [-0.05, 0) is 12.7 Å². The molecule has 1 atom stereocenters. The first kappa shape index (κ1) is 10.1. The van der Waals surface area contributed by atoms with Gasteiger partial charge in [0.05, 0.1) is 16.7 Å². The van der Waals surface area contributed by atoms with Crippen LogP contribution in [0.3, 0.4) is 0 Å². The van der Waals surface area contributed by atoms with Crippen molar-refractivity contribution in [1.29, 1.82) is 5.26 Å². The maximum atomic E-state index is 11.2. The number of nitrogens with zero attached hydrogens (tertiary/aromatic N) is 1. The Hall–Kier alpha value is -0.950. The fourth-order valence-electron chi connectivity index (χ4n) is 1.41. The lowest BCUT2D eigenvalue weighted by atomic mass is 9.92. The highest BCUT2D eigenvalue weighted by molar-refractivity contribution is 8.02. The number of carbonyl (C=O) groups excluding carboxylic acids is 1. The lowest BCUT2D eigenvalue weighted by Gasteiger charge is -2.22. The number of hydrogen-bond donors (Lipinski definition) is 1. The molecule has 4 heteroatoms. The van der Waals surface area contributed by atoms with E-state index in [9.17, 15) is 4.79 Å². The molecule has 0 bridgehead atoms. The smallest absolute Gasteiger partial charge is 0.225 e. The van der Waals surface area contributed by atoms with Gasteiger partial charge in [-0.25, -0.2) is 0 Å². The summed E-state index contributed by atoms with van der Waals surface area (Å²) in [6.45, 7) is 2.00. The van der Waals surface area contributed by atoms with Crippen molar-refractivity contribution in [2.45, 2.75) is 19.8 Å². The molecular weight excluding hydrogens is 184 g/mol. The third-order valence-corrected chi connectivity index (χ3v) is 2.89. The first-order valence-corrected chi connectivity index (χ1v) is 5.43. The molecule has 0 saturated heterocycles. The molecule has 0 spiro atoms. The van der Waals surface area contributed by atoms with Crippen molar-refractivity contribution < 1.29 is 4.79 Å². The molecule has 70 valence electrons. The SMILES string of the molecule is CCC1CC(=O)NC(SC)=C1C#N. The third kappa shape index (κ3) is 2.04. The average molecular weight is 196 g/mol. The van der Waals surface area contributed by atoms with Crippen LogP contribution in [0.4, 0.5) is 0 Å². The van der Waals surface area contributed by atoms with Crippen molar-refractivity contribution >= 4 is 17.7 Å². The molecule has 1 aliphatic rings. The number of hydrogen-bond acceptors (Lipinski definition) is 3. The van der Waals surface area contributed by atoms with Crippen molar-refractivity contribution in [2.24, 2.45) is 5.92 Å². The highest BCUT2D eigenvalue weighted by Crippen LogP contribution is 2.29. The number of thioether (sulfide) groups is 1. The Morgan fingerprint density at radius 2 is 2.46 bits per heavy atom. The number of rotatable bonds is 2. The molecule has 1 N–H and O–H groups in total. The van der Waals surface area contributed by atoms with Gasteiger partial charge in [0, 0.05) is 12.3 Å². The molecule has 0 aromatic rings. The van der Waals surface area contributed by atoms with E-state index in [1.54, 1.807) is 0 Å². The molecule has 0 saturated carbocycles. The van der Waals surface area contributed by atoms with Gasteiger partial charge in [0.25, 0.3) is 0 Å². The van der Waals surface area contributed by atoms with Crippen LogP contribution in [-0.4, -0.2) is 12.2 Å². The molecule has 0 radical (unpaired) electrons. The molecular formula is C9H12N2OS. The second-order valence-electron chi connectivity index (χ2n) is 2.92. The van der Waals surface area contributed by atoms with Crippen molar-refractivity contribution in [1.82, 2.24) is 5.32 Å². The zero-order valence-corrected chi connectivity index (χ0v) is 8.57. The molecule has 3 nitrogen and oxygen atoms in total. The Bertz CT molecular complexity index is 290. The van der Waals surface area contributed by atoms with Crippen molar-refractivity contribution in [3.63, 3.8) is 0 Å². The zero-order valence-electron chi connectivity index (χ0n) is 7.76. The van der Waals surface area contributed by atoms with Gasteiger partial charge in [0.2, 0.25) is 5.91 Å². The lowest BCUT2D eigenvalue weighted by Crippen LogP contribution is -2.31. The van der Waals surface area contributed by atoms with Crippen LogP contribution in [0, 0.1) is 17.2 Å². The van der Waals surface area contributed by atoms with E-state index in [0.29, 0.717) is 6.42 Å². The molecule has 0 fully saturated rings. The summed E-state index contributed by atoms with van der Waals surface area (Å²) in [5.41, 5.74) is 0.731. The van der Waals surface area contributed by atoms with Crippen LogP contribution in [0.1, 0.15) is 19.8 Å². The van der Waals surface area contributed by atoms with Gasteiger partial charge in [0.1, 0.15) is 0 Å². The first-order chi connectivity index (χ1) is 6.22. The molecule has 1 amide bonds. The maximum Gasteiger partial charge on any atom is 0.225 e. The van der Waals surface area contributed by atoms with E-state index >= 15 is 0 Å². The highest BCUT2D eigenvalue weighted by Gasteiger charge is 2.25. The quantitative estimate of drug-likeness (QED) is 0.730. The maximum absolute atomic E-state index is 11.2. The minimum absolute atomic E-state index is 0.0233. The number of amides is 1. The molecule has 1 aliphatic heterocycles. The van der Waals surface area contributed by atoms with Crippen LogP contribution in [-0.2, 0) is 4.79 Å². The summed E-state index contributed by atoms with van der Waals surface area (Å²) in [5, 5.41) is 12.3. The van der Waals surface area contributed by atoms with Crippen LogP contribution in [0.25, 0.3) is 0 Å². The van der Waals surface area contributed by atoms with Crippen LogP contribution < -0.4 is 5.32 Å². The Morgan fingerprint density at radius 1 is 1.77 bits per heavy atom. The largest absolute Gasteiger partial charge is 0.320 e. The second-order valence-corrected chi connectivity index (χ2v) is 3.73. The van der Waals surface area contributed by atoms with Gasteiger partial charge < -0.3 is 5.32 Å². The Balaban J connectivity index is 3.00. The molecule has 0 aromatic carbocycles. The van der Waals surface area contributed by atoms with Gasteiger partial charge in [-0.3, -0.25) is 4.79 Å². The normalized spacial score (nSPS) is 22.5. The van der Waals surface area contributed by atoms with Gasteiger partial charge in [-0.1, -0.05) is 6.92 Å². The van der Waals surface area contributed by atoms with Gasteiger partial charge in [-0.2, -0.15) is 5.26 Å². The topological polar surface area (TPSA) is 52.9 Å². The van der Waals surface area contributed by atoms with Gasteiger partial charge in [-0.15, -0.1) is 11.8 Å². The molecule has 1 unspecified atom stereocenters. The summed E-state index contributed by atoms with van der Waals surface area (Å²) < 4.78 is 0. The summed E-state index contributed by atoms with van der Waals surface area (Å²) in [5.74, 6) is 0.136. The van der Waals surface area contributed by atoms with E-state index in [1.807, 2.05) is 13.2 Å². The van der Waals surface area contributed by atoms with E-state index in [4.69, 9.17) is 5.26 Å². The first-order valence-electron chi connectivity index (χ1n) is 4.21. The summed E-state index contributed by atoms with van der Waals surface area (Å²) >= 11 is 1.43. The predicted molar refractivity (Wildman–Crippen MR) is 52.7 cm³/mol. The highest BCUT2D eigenvalue weighted by atomic mass is 32.2. The fourth-order valence-corrected chi connectivity index (χ4v) is 2.06. The van der Waals surface area contributed by atoms with E-state index in [-0.39, 0.29) is 11.8 Å². The monoisotopic (exact) mass is 196 g/mol. The number of nitrogens with one attached hydrogen (secondary N) is 1. The van der Waals surface area contributed by atoms with Gasteiger partial charge >= 0.3 is 0 Å². The summed E-state index contributed by atoms with van der Waals surface area (Å²) in [6, 6.07) is 2.17. The van der Waals surface area contributed by atoms with Crippen molar-refractivity contribution in [2.75, 3.05) is 6.26 Å². The molecule has 13 heavy (non-hydrogen) atoms. The summed E-state index contributed by atoms with van der Waals surface area (Å²) in [6.07, 6.45) is 3.16. The number of carbonyl (C=O) groups is 1. The van der Waals surface area contributed by atoms with E-state index in [1.165, 1.54) is 11.8 Å².